The van der Waals surface area contributed by atoms with Gasteiger partial charge in [-0.15, -0.1) is 0 Å². The maximum Gasteiger partial charge on any atom is 0.321 e. The van der Waals surface area contributed by atoms with Gasteiger partial charge >= 0.3 is 5.97 Å². The van der Waals surface area contributed by atoms with Gasteiger partial charge in [0, 0.05) is 17.3 Å². The number of carbonyl (C=O) groups excluding carboxylic acids is 1. The number of hydrogen-bond acceptors (Lipinski definition) is 6. The summed E-state index contributed by atoms with van der Waals surface area (Å²) in [6.45, 7) is 3.61. The first kappa shape index (κ1) is 18.7. The maximum absolute atomic E-state index is 11.9. The number of anilines is 2. The van der Waals surface area contributed by atoms with Gasteiger partial charge in [-0.1, -0.05) is 42.1 Å². The minimum Gasteiger partial charge on any atom is -0.468 e. The highest BCUT2D eigenvalue weighted by atomic mass is 32.2. The Morgan fingerprint density at radius 1 is 1.14 bits per heavy atom. The van der Waals surface area contributed by atoms with Gasteiger partial charge in [-0.05, 0) is 55.7 Å². The lowest BCUT2D eigenvalue weighted by atomic mass is 9.99. The van der Waals surface area contributed by atoms with E-state index < -0.39 is 4.75 Å². The van der Waals surface area contributed by atoms with Gasteiger partial charge in [0.15, 0.2) is 5.16 Å². The van der Waals surface area contributed by atoms with Crippen LogP contribution in [0.2, 0.25) is 0 Å². The highest BCUT2D eigenvalue weighted by molar-refractivity contribution is 8.01. The highest BCUT2D eigenvalue weighted by Gasteiger charge is 2.31. The number of fused-ring (bicyclic) bond motifs is 1. The van der Waals surface area contributed by atoms with Crippen molar-refractivity contribution in [3.05, 3.63) is 54.2 Å². The Balaban J connectivity index is 1.62. The van der Waals surface area contributed by atoms with Crippen molar-refractivity contribution in [2.45, 2.75) is 42.5 Å². The summed E-state index contributed by atoms with van der Waals surface area (Å²) >= 11 is 1.28. The number of hydrogen-bond donors (Lipinski definition) is 1. The maximum atomic E-state index is 11.9. The largest absolute Gasteiger partial charge is 0.468 e. The minimum absolute atomic E-state index is 0.305. The van der Waals surface area contributed by atoms with Crippen molar-refractivity contribution in [2.75, 3.05) is 12.4 Å². The molecule has 3 aromatic rings. The molecule has 0 bridgehead atoms. The number of esters is 1. The van der Waals surface area contributed by atoms with Crippen LogP contribution in [0, 0.1) is 0 Å². The quantitative estimate of drug-likeness (QED) is 0.348. The fourth-order valence-corrected chi connectivity index (χ4v) is 4.18. The molecule has 0 atom stereocenters. The molecule has 0 spiro atoms. The van der Waals surface area contributed by atoms with Gasteiger partial charge < -0.3 is 10.1 Å². The summed E-state index contributed by atoms with van der Waals surface area (Å²) in [6, 6.07) is 14.7. The third-order valence-corrected chi connectivity index (χ3v) is 5.95. The Bertz CT molecular complexity index is 1030. The Hall–Kier alpha value is -2.60. The van der Waals surface area contributed by atoms with Crippen LogP contribution >= 0.6 is 11.8 Å². The molecular formula is C22H23N3O2S. The third-order valence-electron chi connectivity index (χ3n) is 4.89. The molecular weight excluding hydrogens is 370 g/mol. The van der Waals surface area contributed by atoms with Gasteiger partial charge in [0.2, 0.25) is 0 Å². The van der Waals surface area contributed by atoms with Crippen molar-refractivity contribution in [1.29, 1.82) is 0 Å². The zero-order valence-electron chi connectivity index (χ0n) is 16.2. The van der Waals surface area contributed by atoms with Crippen molar-refractivity contribution in [3.8, 4) is 0 Å². The summed E-state index contributed by atoms with van der Waals surface area (Å²) in [6.07, 6.45) is 4.25. The summed E-state index contributed by atoms with van der Waals surface area (Å²) in [5, 5.41) is 6.44. The summed E-state index contributed by atoms with van der Waals surface area (Å²) in [4.78, 5) is 20.8. The van der Waals surface area contributed by atoms with E-state index in [1.165, 1.54) is 48.0 Å². The molecule has 5 nitrogen and oxygen atoms in total. The molecule has 1 saturated carbocycles. The molecule has 28 heavy (non-hydrogen) atoms. The number of ether oxygens (including phenoxy) is 1. The van der Waals surface area contributed by atoms with E-state index in [2.05, 4.69) is 51.7 Å². The van der Waals surface area contributed by atoms with E-state index in [1.54, 1.807) is 20.0 Å². The number of aromatic nitrogens is 2. The zero-order chi connectivity index (χ0) is 19.7. The van der Waals surface area contributed by atoms with Crippen LogP contribution in [0.1, 0.15) is 38.2 Å². The normalized spacial score (nSPS) is 14.1. The third kappa shape index (κ3) is 3.83. The van der Waals surface area contributed by atoms with Crippen molar-refractivity contribution in [1.82, 2.24) is 9.97 Å². The molecule has 144 valence electrons. The molecule has 1 aliphatic carbocycles. The monoisotopic (exact) mass is 393 g/mol. The van der Waals surface area contributed by atoms with E-state index >= 15 is 0 Å². The number of benzene rings is 2. The average Bonchev–Trinajstić information content (AvgIpc) is 3.52. The first-order valence-electron chi connectivity index (χ1n) is 9.37. The first-order chi connectivity index (χ1) is 13.5. The van der Waals surface area contributed by atoms with E-state index in [-0.39, 0.29) is 5.97 Å². The fourth-order valence-electron chi connectivity index (χ4n) is 3.29. The summed E-state index contributed by atoms with van der Waals surface area (Å²) in [7, 11) is 1.39. The molecule has 0 radical (unpaired) electrons. The topological polar surface area (TPSA) is 64.1 Å². The molecule has 1 fully saturated rings. The molecule has 1 aliphatic rings. The van der Waals surface area contributed by atoms with Crippen LogP contribution in [-0.4, -0.2) is 27.8 Å². The number of rotatable bonds is 6. The molecule has 6 heteroatoms. The van der Waals surface area contributed by atoms with Crippen LogP contribution in [0.5, 0.6) is 0 Å². The van der Waals surface area contributed by atoms with E-state index in [0.717, 1.165) is 5.69 Å². The molecule has 0 amide bonds. The molecule has 2 aromatic carbocycles. The number of carbonyl (C=O) groups is 1. The molecule has 0 aliphatic heterocycles. The first-order valence-corrected chi connectivity index (χ1v) is 10.2. The second-order valence-electron chi connectivity index (χ2n) is 7.48. The lowest BCUT2D eigenvalue weighted by Crippen LogP contribution is -2.29. The van der Waals surface area contributed by atoms with E-state index in [9.17, 15) is 4.79 Å². The van der Waals surface area contributed by atoms with Crippen molar-refractivity contribution >= 4 is 40.0 Å². The van der Waals surface area contributed by atoms with Gasteiger partial charge in [0.25, 0.3) is 0 Å². The summed E-state index contributed by atoms with van der Waals surface area (Å²) in [5.41, 5.74) is 2.45. The molecule has 1 aromatic heterocycles. The number of thioether (sulfide) groups is 1. The highest BCUT2D eigenvalue weighted by Crippen LogP contribution is 2.44. The van der Waals surface area contributed by atoms with Crippen LogP contribution in [0.3, 0.4) is 0 Å². The van der Waals surface area contributed by atoms with Gasteiger partial charge in [0.05, 0.1) is 7.11 Å². The standard InChI is InChI=1S/C22H23N3O2S/c1-22(2,20(26)27-3)28-21-23-13-12-19(25-21)24-18-11-10-15(14-8-9-14)16-6-4-5-7-17(16)18/h4-7,10-14H,8-9H2,1-3H3,(H,23,24,25). The van der Waals surface area contributed by atoms with Crippen molar-refractivity contribution in [2.24, 2.45) is 0 Å². The Morgan fingerprint density at radius 3 is 2.61 bits per heavy atom. The lowest BCUT2D eigenvalue weighted by molar-refractivity contribution is -0.142. The van der Waals surface area contributed by atoms with Gasteiger partial charge in [-0.25, -0.2) is 9.97 Å². The van der Waals surface area contributed by atoms with Crippen LogP contribution in [-0.2, 0) is 9.53 Å². The molecule has 0 unspecified atom stereocenters. The van der Waals surface area contributed by atoms with Crippen molar-refractivity contribution in [3.63, 3.8) is 0 Å². The fraction of sp³-hybridized carbons (Fsp3) is 0.318. The summed E-state index contributed by atoms with van der Waals surface area (Å²) < 4.78 is 4.11. The predicted molar refractivity (Wildman–Crippen MR) is 113 cm³/mol. The zero-order valence-corrected chi connectivity index (χ0v) is 17.0. The Morgan fingerprint density at radius 2 is 1.89 bits per heavy atom. The van der Waals surface area contributed by atoms with E-state index in [1.807, 2.05) is 6.07 Å². The van der Waals surface area contributed by atoms with Crippen LogP contribution in [0.25, 0.3) is 10.8 Å². The molecule has 1 heterocycles. The number of nitrogens with zero attached hydrogens (tertiary/aromatic N) is 2. The second-order valence-corrected chi connectivity index (χ2v) is 9.07. The second kappa shape index (κ2) is 7.43. The Labute approximate surface area is 168 Å². The average molecular weight is 394 g/mol. The SMILES string of the molecule is COC(=O)C(C)(C)Sc1nccc(Nc2ccc(C3CC3)c3ccccc23)n1. The smallest absolute Gasteiger partial charge is 0.321 e. The van der Waals surface area contributed by atoms with E-state index in [0.29, 0.717) is 16.9 Å². The number of nitrogens with one attached hydrogen (secondary N) is 1. The number of methoxy groups -OCH3 is 1. The van der Waals surface area contributed by atoms with E-state index in [4.69, 9.17) is 4.74 Å². The van der Waals surface area contributed by atoms with Crippen LogP contribution in [0.4, 0.5) is 11.5 Å². The summed E-state index contributed by atoms with van der Waals surface area (Å²) in [5.74, 6) is 1.09. The molecule has 1 N–H and O–H groups in total. The predicted octanol–water partition coefficient (Wildman–Crippen LogP) is 5.29. The Kier molecular flexibility index (Phi) is 4.98. The van der Waals surface area contributed by atoms with Crippen molar-refractivity contribution < 1.29 is 9.53 Å². The van der Waals surface area contributed by atoms with Gasteiger partial charge in [0.1, 0.15) is 10.6 Å². The molecule has 0 saturated heterocycles. The van der Waals surface area contributed by atoms with Crippen LogP contribution in [0.15, 0.2) is 53.8 Å². The minimum atomic E-state index is -0.758. The molecule has 4 rings (SSSR count). The van der Waals surface area contributed by atoms with Crippen LogP contribution < -0.4 is 5.32 Å². The van der Waals surface area contributed by atoms with Gasteiger partial charge in [-0.3, -0.25) is 4.79 Å². The van der Waals surface area contributed by atoms with Gasteiger partial charge in [-0.2, -0.15) is 0 Å². The lowest BCUT2D eigenvalue weighted by Gasteiger charge is -2.19.